The largest absolute Gasteiger partial charge is 0.360 e. The van der Waals surface area contributed by atoms with E-state index in [0.717, 1.165) is 44.5 Å². The van der Waals surface area contributed by atoms with Gasteiger partial charge in [0.1, 0.15) is 5.76 Å². The van der Waals surface area contributed by atoms with Crippen LogP contribution >= 0.6 is 0 Å². The lowest BCUT2D eigenvalue weighted by atomic mass is 10.0. The maximum absolute atomic E-state index is 12.9. The van der Waals surface area contributed by atoms with Crippen molar-refractivity contribution in [2.24, 2.45) is 5.92 Å². The molecule has 0 spiro atoms. The average molecular weight is 411 g/mol. The number of nitrogens with one attached hydrogen (secondary N) is 2. The maximum atomic E-state index is 12.9. The lowest BCUT2D eigenvalue weighted by Gasteiger charge is -2.37. The monoisotopic (exact) mass is 410 g/mol. The molecule has 2 saturated heterocycles. The first-order valence-electron chi connectivity index (χ1n) is 10.4. The fourth-order valence-corrected chi connectivity index (χ4v) is 6.46. The molecule has 156 valence electrons. The van der Waals surface area contributed by atoms with E-state index < -0.39 is 10.0 Å². The normalized spacial score (nSPS) is 29.5. The summed E-state index contributed by atoms with van der Waals surface area (Å²) in [5.41, 5.74) is 0.314. The van der Waals surface area contributed by atoms with Gasteiger partial charge in [-0.2, -0.15) is 4.31 Å². The molecule has 3 fully saturated rings. The lowest BCUT2D eigenvalue weighted by Crippen LogP contribution is -2.52. The fraction of sp³-hybridized carbons (Fsp3) is 0.789. The Morgan fingerprint density at radius 3 is 2.86 bits per heavy atom. The summed E-state index contributed by atoms with van der Waals surface area (Å²) in [6.45, 7) is 4.13. The van der Waals surface area contributed by atoms with Crippen molar-refractivity contribution in [1.29, 1.82) is 0 Å². The first-order valence-corrected chi connectivity index (χ1v) is 12.0. The van der Waals surface area contributed by atoms with Crippen LogP contribution in [0.1, 0.15) is 67.6 Å². The molecule has 3 heterocycles. The van der Waals surface area contributed by atoms with Gasteiger partial charge in [0.15, 0.2) is 5.69 Å². The van der Waals surface area contributed by atoms with Crippen LogP contribution in [-0.4, -0.2) is 61.3 Å². The summed E-state index contributed by atoms with van der Waals surface area (Å²) >= 11 is 0. The van der Waals surface area contributed by atoms with E-state index in [2.05, 4.69) is 15.8 Å². The molecule has 3 atom stereocenters. The third-order valence-corrected chi connectivity index (χ3v) is 8.24. The molecular formula is C19H30N4O4S. The van der Waals surface area contributed by atoms with Crippen molar-refractivity contribution in [2.75, 3.05) is 25.4 Å². The molecule has 0 aromatic carbocycles. The van der Waals surface area contributed by atoms with Crippen molar-refractivity contribution in [1.82, 2.24) is 20.1 Å². The van der Waals surface area contributed by atoms with E-state index in [9.17, 15) is 13.2 Å². The van der Waals surface area contributed by atoms with Gasteiger partial charge in [0.05, 0.1) is 5.75 Å². The number of carbonyl (C=O) groups is 1. The van der Waals surface area contributed by atoms with Gasteiger partial charge < -0.3 is 15.2 Å². The summed E-state index contributed by atoms with van der Waals surface area (Å²) in [7, 11) is -3.28. The molecule has 1 aromatic heterocycles. The summed E-state index contributed by atoms with van der Waals surface area (Å²) in [6, 6.07) is 1.56. The van der Waals surface area contributed by atoms with Gasteiger partial charge in [-0.15, -0.1) is 0 Å². The summed E-state index contributed by atoms with van der Waals surface area (Å²) in [4.78, 5) is 12.4. The number of sulfonamides is 1. The Morgan fingerprint density at radius 2 is 2.18 bits per heavy atom. The quantitative estimate of drug-likeness (QED) is 0.736. The standard InChI is InChI=1S/C19H30N4O4S/c1-13-9-16(21-19(24)17-10-18(27-22-17)15-4-5-15)6-8-23(13)28(25,26)12-14-3-2-7-20-11-14/h10,13-16,20H,2-9,11-12H2,1H3,(H,21,24)/t13-,14?,16-/m0/s1. The van der Waals surface area contributed by atoms with E-state index in [0.29, 0.717) is 31.0 Å². The highest BCUT2D eigenvalue weighted by Crippen LogP contribution is 2.40. The number of hydrogen-bond donors (Lipinski definition) is 2. The van der Waals surface area contributed by atoms with E-state index in [-0.39, 0.29) is 29.7 Å². The first-order chi connectivity index (χ1) is 13.4. The average Bonchev–Trinajstić information content (AvgIpc) is 3.38. The van der Waals surface area contributed by atoms with Gasteiger partial charge in [-0.3, -0.25) is 4.79 Å². The third kappa shape index (κ3) is 4.58. The Hall–Kier alpha value is -1.45. The van der Waals surface area contributed by atoms with Crippen LogP contribution < -0.4 is 10.6 Å². The molecule has 4 rings (SSSR count). The molecule has 1 amide bonds. The summed E-state index contributed by atoms with van der Waals surface area (Å²) in [5, 5.41) is 10.2. The van der Waals surface area contributed by atoms with Gasteiger partial charge in [-0.25, -0.2) is 8.42 Å². The SMILES string of the molecule is C[C@H]1C[C@@H](NC(=O)c2cc(C3CC3)on2)CCN1S(=O)(=O)CC1CCCNC1. The highest BCUT2D eigenvalue weighted by Gasteiger charge is 2.36. The predicted molar refractivity (Wildman–Crippen MR) is 105 cm³/mol. The second-order valence-corrected chi connectivity index (χ2v) is 10.5. The van der Waals surface area contributed by atoms with E-state index in [1.807, 2.05) is 6.92 Å². The Balaban J connectivity index is 1.30. The fourth-order valence-electron chi connectivity index (χ4n) is 4.37. The molecule has 1 aromatic rings. The van der Waals surface area contributed by atoms with Gasteiger partial charge in [0.2, 0.25) is 10.0 Å². The number of hydrogen-bond acceptors (Lipinski definition) is 6. The van der Waals surface area contributed by atoms with Gasteiger partial charge in [0.25, 0.3) is 5.91 Å². The van der Waals surface area contributed by atoms with Crippen molar-refractivity contribution < 1.29 is 17.7 Å². The molecule has 2 aliphatic heterocycles. The number of amides is 1. The van der Waals surface area contributed by atoms with Gasteiger partial charge >= 0.3 is 0 Å². The molecular weight excluding hydrogens is 380 g/mol. The topological polar surface area (TPSA) is 105 Å². The van der Waals surface area contributed by atoms with E-state index in [4.69, 9.17) is 4.52 Å². The van der Waals surface area contributed by atoms with E-state index in [1.165, 1.54) is 0 Å². The molecule has 3 aliphatic rings. The van der Waals surface area contributed by atoms with Gasteiger partial charge in [-0.1, -0.05) is 5.16 Å². The Morgan fingerprint density at radius 1 is 1.36 bits per heavy atom. The number of rotatable bonds is 6. The molecule has 1 saturated carbocycles. The van der Waals surface area contributed by atoms with Crippen LogP contribution in [0.4, 0.5) is 0 Å². The molecule has 0 radical (unpaired) electrons. The van der Waals surface area contributed by atoms with Crippen molar-refractivity contribution in [3.8, 4) is 0 Å². The van der Waals surface area contributed by atoms with E-state index >= 15 is 0 Å². The summed E-state index contributed by atoms with van der Waals surface area (Å²) < 4.78 is 32.6. The Labute approximate surface area is 166 Å². The van der Waals surface area contributed by atoms with Crippen LogP contribution in [0.2, 0.25) is 0 Å². The number of carbonyl (C=O) groups excluding carboxylic acids is 1. The van der Waals surface area contributed by atoms with Crippen LogP contribution in [-0.2, 0) is 10.0 Å². The van der Waals surface area contributed by atoms with Crippen molar-refractivity contribution in [3.05, 3.63) is 17.5 Å². The second-order valence-electron chi connectivity index (χ2n) is 8.53. The zero-order chi connectivity index (χ0) is 19.7. The third-order valence-electron chi connectivity index (χ3n) is 6.09. The number of nitrogens with zero attached hydrogens (tertiary/aromatic N) is 2. The Bertz CT molecular complexity index is 799. The van der Waals surface area contributed by atoms with Crippen molar-refractivity contribution in [3.63, 3.8) is 0 Å². The molecule has 8 nitrogen and oxygen atoms in total. The first kappa shape index (κ1) is 19.8. The van der Waals surface area contributed by atoms with Crippen LogP contribution in [0.25, 0.3) is 0 Å². The van der Waals surface area contributed by atoms with E-state index in [1.54, 1.807) is 10.4 Å². The maximum Gasteiger partial charge on any atom is 0.273 e. The summed E-state index contributed by atoms with van der Waals surface area (Å²) in [5.74, 6) is 1.37. The zero-order valence-corrected chi connectivity index (χ0v) is 17.2. The molecule has 0 bridgehead atoms. The highest BCUT2D eigenvalue weighted by atomic mass is 32.2. The van der Waals surface area contributed by atoms with Crippen molar-refractivity contribution >= 4 is 15.9 Å². The highest BCUT2D eigenvalue weighted by molar-refractivity contribution is 7.89. The minimum Gasteiger partial charge on any atom is -0.360 e. The van der Waals surface area contributed by atoms with Gasteiger partial charge in [-0.05, 0) is 64.5 Å². The van der Waals surface area contributed by atoms with Crippen molar-refractivity contribution in [2.45, 2.75) is 63.5 Å². The Kier molecular flexibility index (Phi) is 5.76. The predicted octanol–water partition coefficient (Wildman–Crippen LogP) is 1.46. The lowest BCUT2D eigenvalue weighted by molar-refractivity contribution is 0.0905. The number of piperidine rings is 2. The molecule has 9 heteroatoms. The summed E-state index contributed by atoms with van der Waals surface area (Å²) in [6.07, 6.45) is 5.42. The van der Waals surface area contributed by atoms with Crippen LogP contribution in [0, 0.1) is 5.92 Å². The second kappa shape index (κ2) is 8.12. The molecule has 2 N–H and O–H groups in total. The van der Waals surface area contributed by atoms with Crippen LogP contribution in [0.3, 0.4) is 0 Å². The minimum absolute atomic E-state index is 0.0497. The molecule has 1 aliphatic carbocycles. The van der Waals surface area contributed by atoms with Crippen LogP contribution in [0.15, 0.2) is 10.6 Å². The number of aromatic nitrogens is 1. The van der Waals surface area contributed by atoms with Gasteiger partial charge in [0, 0.05) is 30.6 Å². The smallest absolute Gasteiger partial charge is 0.273 e. The van der Waals surface area contributed by atoms with Crippen LogP contribution in [0.5, 0.6) is 0 Å². The molecule has 1 unspecified atom stereocenters. The molecule has 28 heavy (non-hydrogen) atoms. The minimum atomic E-state index is -3.28. The zero-order valence-electron chi connectivity index (χ0n) is 16.4.